The van der Waals surface area contributed by atoms with Crippen molar-refractivity contribution < 1.29 is 19.1 Å². The summed E-state index contributed by atoms with van der Waals surface area (Å²) in [6.45, 7) is 2.47. The number of anilines is 1. The molecular formula is C24H28N4O4. The van der Waals surface area contributed by atoms with E-state index in [1.54, 1.807) is 48.5 Å². The highest BCUT2D eigenvalue weighted by molar-refractivity contribution is 6.40. The first-order valence-electron chi connectivity index (χ1n) is 10.8. The van der Waals surface area contributed by atoms with Crippen molar-refractivity contribution in [3.8, 4) is 5.75 Å². The van der Waals surface area contributed by atoms with E-state index in [0.717, 1.165) is 37.0 Å². The van der Waals surface area contributed by atoms with E-state index in [9.17, 15) is 14.4 Å². The first kappa shape index (κ1) is 23.0. The maximum Gasteiger partial charge on any atom is 0.329 e. The second-order valence-electron chi connectivity index (χ2n) is 7.51. The number of carbonyl (C=O) groups is 3. The van der Waals surface area contributed by atoms with Gasteiger partial charge in [0.1, 0.15) is 5.75 Å². The van der Waals surface area contributed by atoms with Gasteiger partial charge in [0.15, 0.2) is 0 Å². The minimum absolute atomic E-state index is 0.139. The number of nitrogens with zero attached hydrogens (tertiary/aromatic N) is 1. The number of amides is 3. The largest absolute Gasteiger partial charge is 0.494 e. The van der Waals surface area contributed by atoms with Gasteiger partial charge in [-0.05, 0) is 61.7 Å². The van der Waals surface area contributed by atoms with Gasteiger partial charge in [0.25, 0.3) is 5.91 Å². The summed E-state index contributed by atoms with van der Waals surface area (Å²) in [5.74, 6) is -1.37. The molecule has 168 valence electrons. The van der Waals surface area contributed by atoms with E-state index in [-0.39, 0.29) is 17.6 Å². The van der Waals surface area contributed by atoms with Crippen LogP contribution in [0.15, 0.2) is 53.6 Å². The number of rotatable bonds is 7. The monoisotopic (exact) mass is 436 g/mol. The highest BCUT2D eigenvalue weighted by Gasteiger charge is 2.20. The van der Waals surface area contributed by atoms with Crippen LogP contribution in [-0.4, -0.2) is 36.6 Å². The Kier molecular flexibility index (Phi) is 8.36. The highest BCUT2D eigenvalue weighted by Crippen LogP contribution is 2.20. The van der Waals surface area contributed by atoms with Gasteiger partial charge < -0.3 is 15.4 Å². The third kappa shape index (κ3) is 6.66. The van der Waals surface area contributed by atoms with Crippen molar-refractivity contribution in [2.45, 2.75) is 45.1 Å². The number of hydrogen-bond donors (Lipinski definition) is 3. The van der Waals surface area contributed by atoms with E-state index in [1.165, 1.54) is 12.6 Å². The predicted molar refractivity (Wildman–Crippen MR) is 123 cm³/mol. The summed E-state index contributed by atoms with van der Waals surface area (Å²) >= 11 is 0. The van der Waals surface area contributed by atoms with Gasteiger partial charge in [-0.25, -0.2) is 5.43 Å². The molecule has 0 atom stereocenters. The molecule has 0 bridgehead atoms. The number of para-hydroxylation sites is 1. The zero-order chi connectivity index (χ0) is 22.8. The number of carbonyl (C=O) groups excluding carboxylic acids is 3. The molecule has 8 nitrogen and oxygen atoms in total. The molecule has 1 aliphatic rings. The molecule has 0 radical (unpaired) electrons. The Morgan fingerprint density at radius 3 is 2.44 bits per heavy atom. The van der Waals surface area contributed by atoms with Crippen LogP contribution in [0.4, 0.5) is 5.69 Å². The van der Waals surface area contributed by atoms with Crippen molar-refractivity contribution in [1.29, 1.82) is 0 Å². The van der Waals surface area contributed by atoms with E-state index in [0.29, 0.717) is 12.2 Å². The third-order valence-corrected chi connectivity index (χ3v) is 5.14. The maximum absolute atomic E-state index is 12.7. The van der Waals surface area contributed by atoms with Crippen molar-refractivity contribution >= 4 is 29.6 Å². The minimum Gasteiger partial charge on any atom is -0.494 e. The molecule has 0 saturated heterocycles. The van der Waals surface area contributed by atoms with Crippen LogP contribution in [0.2, 0.25) is 0 Å². The lowest BCUT2D eigenvalue weighted by atomic mass is 9.95. The van der Waals surface area contributed by atoms with E-state index >= 15 is 0 Å². The zero-order valence-electron chi connectivity index (χ0n) is 18.1. The van der Waals surface area contributed by atoms with Gasteiger partial charge in [0, 0.05) is 6.04 Å². The molecule has 1 aliphatic carbocycles. The summed E-state index contributed by atoms with van der Waals surface area (Å²) in [5.41, 5.74) is 3.52. The Morgan fingerprint density at radius 1 is 1.00 bits per heavy atom. The molecule has 0 unspecified atom stereocenters. The quantitative estimate of drug-likeness (QED) is 0.352. The molecule has 2 aromatic rings. The maximum atomic E-state index is 12.7. The number of nitrogens with one attached hydrogen (secondary N) is 3. The van der Waals surface area contributed by atoms with Crippen LogP contribution in [0.5, 0.6) is 5.75 Å². The van der Waals surface area contributed by atoms with Crippen molar-refractivity contribution in [3.63, 3.8) is 0 Å². The van der Waals surface area contributed by atoms with Crippen LogP contribution < -0.4 is 20.8 Å². The fourth-order valence-corrected chi connectivity index (χ4v) is 3.51. The van der Waals surface area contributed by atoms with E-state index in [1.807, 2.05) is 6.92 Å². The van der Waals surface area contributed by atoms with Crippen molar-refractivity contribution in [1.82, 2.24) is 10.7 Å². The Hall–Kier alpha value is -3.68. The Bertz CT molecular complexity index is 966. The molecule has 8 heteroatoms. The lowest BCUT2D eigenvalue weighted by Crippen LogP contribution is -2.37. The van der Waals surface area contributed by atoms with Crippen molar-refractivity contribution in [2.75, 3.05) is 11.9 Å². The van der Waals surface area contributed by atoms with Gasteiger partial charge in [0.05, 0.1) is 24.1 Å². The Labute approximate surface area is 187 Å². The highest BCUT2D eigenvalue weighted by atomic mass is 16.5. The summed E-state index contributed by atoms with van der Waals surface area (Å²) in [6.07, 6.45) is 6.72. The number of hydrazone groups is 1. The van der Waals surface area contributed by atoms with Gasteiger partial charge in [-0.2, -0.15) is 5.10 Å². The second kappa shape index (κ2) is 11.6. The van der Waals surface area contributed by atoms with Crippen LogP contribution in [0.3, 0.4) is 0 Å². The van der Waals surface area contributed by atoms with Gasteiger partial charge >= 0.3 is 11.8 Å². The summed E-state index contributed by atoms with van der Waals surface area (Å²) in [6, 6.07) is 13.9. The molecule has 32 heavy (non-hydrogen) atoms. The van der Waals surface area contributed by atoms with Crippen LogP contribution >= 0.6 is 0 Å². The third-order valence-electron chi connectivity index (χ3n) is 5.14. The van der Waals surface area contributed by atoms with Gasteiger partial charge in [-0.15, -0.1) is 0 Å². The molecule has 0 heterocycles. The van der Waals surface area contributed by atoms with Gasteiger partial charge in [-0.1, -0.05) is 31.4 Å². The van der Waals surface area contributed by atoms with Crippen LogP contribution in [0.25, 0.3) is 0 Å². The SMILES string of the molecule is CCOc1ccc(C=NNC(=O)C(=O)Nc2ccccc2C(=O)NC2CCCCC2)cc1. The Morgan fingerprint density at radius 2 is 1.72 bits per heavy atom. The second-order valence-corrected chi connectivity index (χ2v) is 7.51. The summed E-state index contributed by atoms with van der Waals surface area (Å²) < 4.78 is 5.36. The molecule has 2 aromatic carbocycles. The molecular weight excluding hydrogens is 408 g/mol. The number of benzene rings is 2. The molecule has 3 amide bonds. The van der Waals surface area contributed by atoms with Crippen LogP contribution in [0.1, 0.15) is 54.9 Å². The van der Waals surface area contributed by atoms with Gasteiger partial charge in [0.2, 0.25) is 0 Å². The molecule has 1 saturated carbocycles. The first-order chi connectivity index (χ1) is 15.6. The summed E-state index contributed by atoms with van der Waals surface area (Å²) in [5, 5.41) is 9.32. The molecule has 3 rings (SSSR count). The fraction of sp³-hybridized carbons (Fsp3) is 0.333. The van der Waals surface area contributed by atoms with E-state index < -0.39 is 11.8 Å². The van der Waals surface area contributed by atoms with Crippen LogP contribution in [-0.2, 0) is 9.59 Å². The summed E-state index contributed by atoms with van der Waals surface area (Å²) in [7, 11) is 0. The molecule has 0 spiro atoms. The normalized spacial score (nSPS) is 14.0. The van der Waals surface area contributed by atoms with Crippen molar-refractivity contribution in [2.24, 2.45) is 5.10 Å². The van der Waals surface area contributed by atoms with E-state index in [2.05, 4.69) is 21.2 Å². The average molecular weight is 437 g/mol. The molecule has 3 N–H and O–H groups in total. The zero-order valence-corrected chi connectivity index (χ0v) is 18.1. The van der Waals surface area contributed by atoms with Gasteiger partial charge in [-0.3, -0.25) is 14.4 Å². The molecule has 0 aliphatic heterocycles. The van der Waals surface area contributed by atoms with E-state index in [4.69, 9.17) is 4.74 Å². The number of hydrogen-bond acceptors (Lipinski definition) is 5. The van der Waals surface area contributed by atoms with Crippen LogP contribution in [0, 0.1) is 0 Å². The first-order valence-corrected chi connectivity index (χ1v) is 10.8. The molecule has 1 fully saturated rings. The lowest BCUT2D eigenvalue weighted by molar-refractivity contribution is -0.136. The molecule has 0 aromatic heterocycles. The minimum atomic E-state index is -0.935. The van der Waals surface area contributed by atoms with Crippen molar-refractivity contribution in [3.05, 3.63) is 59.7 Å². The topological polar surface area (TPSA) is 109 Å². The predicted octanol–water partition coefficient (Wildman–Crippen LogP) is 3.24. The lowest BCUT2D eigenvalue weighted by Gasteiger charge is -2.23. The smallest absolute Gasteiger partial charge is 0.329 e. The number of ether oxygens (including phenoxy) is 1. The standard InChI is InChI=1S/C24H28N4O4/c1-2-32-19-14-12-17(13-15-19)16-25-28-24(31)23(30)27-21-11-7-6-10-20(21)22(29)26-18-8-4-3-5-9-18/h6-7,10-16,18H,2-5,8-9H2,1H3,(H,26,29)(H,27,30)(H,28,31). The summed E-state index contributed by atoms with van der Waals surface area (Å²) in [4.78, 5) is 37.1. The Balaban J connectivity index is 1.55. The average Bonchev–Trinajstić information content (AvgIpc) is 2.81. The fourth-order valence-electron chi connectivity index (χ4n) is 3.51.